The summed E-state index contributed by atoms with van der Waals surface area (Å²) in [5, 5.41) is 0. The van der Waals surface area contributed by atoms with Crippen molar-refractivity contribution in [3.8, 4) is 11.5 Å². The predicted octanol–water partition coefficient (Wildman–Crippen LogP) is 1.19. The summed E-state index contributed by atoms with van der Waals surface area (Å²) in [6, 6.07) is 7.38. The smallest absolute Gasteiger partial charge is 0.264 e. The quantitative estimate of drug-likeness (QED) is 0.759. The number of rotatable bonds is 4. The molecule has 1 unspecified atom stereocenters. The Bertz CT molecular complexity index is 482. The largest absolute Gasteiger partial charge is 0.486 e. The van der Waals surface area contributed by atoms with Crippen molar-refractivity contribution < 1.29 is 22.1 Å². The number of ether oxygens (including phenoxy) is 2. The van der Waals surface area contributed by atoms with Gasteiger partial charge in [-0.1, -0.05) is 12.1 Å². The van der Waals surface area contributed by atoms with Gasteiger partial charge >= 0.3 is 0 Å². The van der Waals surface area contributed by atoms with Crippen LogP contribution in [-0.2, 0) is 14.3 Å². The third kappa shape index (κ3) is 3.61. The van der Waals surface area contributed by atoms with E-state index < -0.39 is 10.1 Å². The zero-order valence-corrected chi connectivity index (χ0v) is 10.3. The van der Waals surface area contributed by atoms with Crippen LogP contribution in [0.2, 0.25) is 0 Å². The van der Waals surface area contributed by atoms with Gasteiger partial charge in [-0.25, -0.2) is 0 Å². The molecule has 0 aromatic heterocycles. The normalized spacial score (nSPS) is 19.0. The zero-order chi connectivity index (χ0) is 12.3. The highest BCUT2D eigenvalue weighted by Gasteiger charge is 2.20. The molecule has 0 saturated heterocycles. The van der Waals surface area contributed by atoms with Crippen molar-refractivity contribution >= 4 is 10.1 Å². The number of hydrogen-bond donors (Lipinski definition) is 0. The Hall–Kier alpha value is -1.27. The Morgan fingerprint density at radius 3 is 2.76 bits per heavy atom. The van der Waals surface area contributed by atoms with E-state index in [1.54, 1.807) is 0 Å². The van der Waals surface area contributed by atoms with Crippen molar-refractivity contribution in [1.29, 1.82) is 0 Å². The van der Waals surface area contributed by atoms with Crippen LogP contribution >= 0.6 is 0 Å². The molecule has 2 rings (SSSR count). The molecule has 1 atom stereocenters. The lowest BCUT2D eigenvalue weighted by Crippen LogP contribution is -2.30. The summed E-state index contributed by atoms with van der Waals surface area (Å²) in [4.78, 5) is 0. The third-order valence-electron chi connectivity index (χ3n) is 2.30. The molecule has 5 nitrogen and oxygen atoms in total. The highest BCUT2D eigenvalue weighted by atomic mass is 32.2. The molecule has 0 amide bonds. The van der Waals surface area contributed by atoms with Gasteiger partial charge in [0.15, 0.2) is 11.5 Å². The van der Waals surface area contributed by atoms with E-state index in [0.29, 0.717) is 24.5 Å². The fourth-order valence-electron chi connectivity index (χ4n) is 1.54. The van der Waals surface area contributed by atoms with Gasteiger partial charge < -0.3 is 9.47 Å². The van der Waals surface area contributed by atoms with Crippen LogP contribution in [0.15, 0.2) is 24.3 Å². The van der Waals surface area contributed by atoms with E-state index in [4.69, 9.17) is 9.47 Å². The second-order valence-corrected chi connectivity index (χ2v) is 5.46. The van der Waals surface area contributed by atoms with Crippen molar-refractivity contribution in [3.05, 3.63) is 24.3 Å². The van der Waals surface area contributed by atoms with Gasteiger partial charge in [-0.05, 0) is 12.1 Å². The first-order valence-electron chi connectivity index (χ1n) is 5.27. The van der Waals surface area contributed by atoms with Crippen LogP contribution < -0.4 is 9.47 Å². The maximum absolute atomic E-state index is 10.8. The van der Waals surface area contributed by atoms with E-state index in [-0.39, 0.29) is 12.7 Å². The van der Waals surface area contributed by atoms with Gasteiger partial charge in [0.2, 0.25) is 0 Å². The summed E-state index contributed by atoms with van der Waals surface area (Å²) in [6.45, 7) is 0.513. The Morgan fingerprint density at radius 1 is 1.35 bits per heavy atom. The minimum Gasteiger partial charge on any atom is -0.486 e. The van der Waals surface area contributed by atoms with E-state index in [1.807, 2.05) is 24.3 Å². The molecule has 1 aliphatic heterocycles. The van der Waals surface area contributed by atoms with Crippen LogP contribution in [0.4, 0.5) is 0 Å². The van der Waals surface area contributed by atoms with E-state index in [2.05, 4.69) is 4.18 Å². The molecular formula is C11H14O5S. The molecule has 1 aromatic carbocycles. The lowest BCUT2D eigenvalue weighted by Gasteiger charge is -2.26. The first kappa shape index (κ1) is 12.2. The lowest BCUT2D eigenvalue weighted by atomic mass is 10.2. The molecule has 1 heterocycles. The Kier molecular flexibility index (Phi) is 3.54. The van der Waals surface area contributed by atoms with Crippen LogP contribution in [0.5, 0.6) is 11.5 Å². The van der Waals surface area contributed by atoms with Crippen molar-refractivity contribution in [1.82, 2.24) is 0 Å². The van der Waals surface area contributed by atoms with Gasteiger partial charge in [-0.15, -0.1) is 0 Å². The molecule has 1 aliphatic rings. The Balaban J connectivity index is 1.86. The van der Waals surface area contributed by atoms with Gasteiger partial charge in [0.25, 0.3) is 10.1 Å². The second kappa shape index (κ2) is 4.93. The monoisotopic (exact) mass is 258 g/mol. The molecule has 1 aromatic rings. The van der Waals surface area contributed by atoms with E-state index in [9.17, 15) is 8.42 Å². The average Bonchev–Trinajstić information content (AvgIpc) is 2.27. The Morgan fingerprint density at radius 2 is 2.06 bits per heavy atom. The van der Waals surface area contributed by atoms with Crippen LogP contribution in [0.25, 0.3) is 0 Å². The minimum absolute atomic E-state index is 0.106. The topological polar surface area (TPSA) is 61.8 Å². The van der Waals surface area contributed by atoms with Crippen LogP contribution in [0.1, 0.15) is 6.42 Å². The minimum atomic E-state index is -3.38. The maximum Gasteiger partial charge on any atom is 0.264 e. The molecule has 0 saturated carbocycles. The van der Waals surface area contributed by atoms with E-state index in [1.165, 1.54) is 0 Å². The molecule has 0 radical (unpaired) electrons. The first-order chi connectivity index (χ1) is 8.04. The summed E-state index contributed by atoms with van der Waals surface area (Å²) < 4.78 is 37.3. The fraction of sp³-hybridized carbons (Fsp3) is 0.455. The van der Waals surface area contributed by atoms with Gasteiger partial charge in [0.1, 0.15) is 12.7 Å². The molecule has 0 fully saturated rings. The van der Waals surface area contributed by atoms with Crippen LogP contribution in [0.3, 0.4) is 0 Å². The third-order valence-corrected chi connectivity index (χ3v) is 2.90. The zero-order valence-electron chi connectivity index (χ0n) is 9.46. The van der Waals surface area contributed by atoms with E-state index in [0.717, 1.165) is 6.26 Å². The number of hydrogen-bond acceptors (Lipinski definition) is 5. The molecule has 17 heavy (non-hydrogen) atoms. The molecule has 6 heteroatoms. The molecule has 0 bridgehead atoms. The summed E-state index contributed by atoms with van der Waals surface area (Å²) >= 11 is 0. The maximum atomic E-state index is 10.8. The summed E-state index contributed by atoms with van der Waals surface area (Å²) in [7, 11) is -3.38. The van der Waals surface area contributed by atoms with Gasteiger partial charge in [0, 0.05) is 6.42 Å². The molecule has 94 valence electrons. The van der Waals surface area contributed by atoms with Gasteiger partial charge in [-0.3, -0.25) is 4.18 Å². The number of fused-ring (bicyclic) bond motifs is 1. The van der Waals surface area contributed by atoms with Crippen molar-refractivity contribution in [2.75, 3.05) is 19.5 Å². The van der Waals surface area contributed by atoms with Gasteiger partial charge in [0.05, 0.1) is 12.9 Å². The Labute approximate surface area is 100 Å². The standard InChI is InChI=1S/C11H14O5S/c1-17(12,13)15-7-6-9-8-14-10-4-2-3-5-11(10)16-9/h2-5,9H,6-8H2,1H3. The fourth-order valence-corrected chi connectivity index (χ4v) is 1.94. The lowest BCUT2D eigenvalue weighted by molar-refractivity contribution is 0.0743. The summed E-state index contributed by atoms with van der Waals surface area (Å²) in [5.74, 6) is 1.40. The molecule has 0 spiro atoms. The van der Waals surface area contributed by atoms with Crippen LogP contribution in [-0.4, -0.2) is 34.0 Å². The van der Waals surface area contributed by atoms with Crippen molar-refractivity contribution in [2.24, 2.45) is 0 Å². The van der Waals surface area contributed by atoms with Crippen molar-refractivity contribution in [2.45, 2.75) is 12.5 Å². The molecular weight excluding hydrogens is 244 g/mol. The average molecular weight is 258 g/mol. The SMILES string of the molecule is CS(=O)(=O)OCCC1COc2ccccc2O1. The summed E-state index contributed by atoms with van der Waals surface area (Å²) in [5.41, 5.74) is 0. The van der Waals surface area contributed by atoms with E-state index >= 15 is 0 Å². The van der Waals surface area contributed by atoms with Gasteiger partial charge in [-0.2, -0.15) is 8.42 Å². The predicted molar refractivity (Wildman–Crippen MR) is 61.8 cm³/mol. The summed E-state index contributed by atoms with van der Waals surface area (Å²) in [6.07, 6.45) is 1.33. The number of benzene rings is 1. The number of para-hydroxylation sites is 2. The van der Waals surface area contributed by atoms with Crippen molar-refractivity contribution in [3.63, 3.8) is 0 Å². The highest BCUT2D eigenvalue weighted by Crippen LogP contribution is 2.31. The highest BCUT2D eigenvalue weighted by molar-refractivity contribution is 7.85. The second-order valence-electron chi connectivity index (χ2n) is 3.81. The first-order valence-corrected chi connectivity index (χ1v) is 7.09. The molecule has 0 aliphatic carbocycles. The molecule has 0 N–H and O–H groups in total. The van der Waals surface area contributed by atoms with Crippen LogP contribution in [0, 0.1) is 0 Å².